The monoisotopic (exact) mass is 250 g/mol. The maximum Gasteiger partial charge on any atom is 0.254 e. The van der Waals surface area contributed by atoms with Gasteiger partial charge in [0.15, 0.2) is 0 Å². The second-order valence-corrected chi connectivity index (χ2v) is 4.93. The Balaban J connectivity index is 1.91. The molecule has 2 rings (SSSR count). The minimum atomic E-state index is -0.139. The molecule has 0 aliphatic rings. The predicted molar refractivity (Wildman–Crippen MR) is 66.0 cm³/mol. The van der Waals surface area contributed by atoms with Gasteiger partial charge in [-0.25, -0.2) is 4.98 Å². The number of carbonyl (C=O) groups is 1. The largest absolute Gasteiger partial charge is 0.345 e. The van der Waals surface area contributed by atoms with Crippen molar-refractivity contribution in [2.24, 2.45) is 0 Å². The minimum Gasteiger partial charge on any atom is -0.345 e. The number of nitrogens with zero attached hydrogens (tertiary/aromatic N) is 2. The van der Waals surface area contributed by atoms with Gasteiger partial charge >= 0.3 is 0 Å². The fourth-order valence-corrected chi connectivity index (χ4v) is 2.20. The van der Waals surface area contributed by atoms with E-state index in [4.69, 9.17) is 0 Å². The first-order valence-electron chi connectivity index (χ1n) is 5.38. The number of amides is 1. The lowest BCUT2D eigenvalue weighted by atomic mass is 10.2. The number of carbonyl (C=O) groups excluding carboxylic acids is 1. The SMILES string of the molecule is CC(C)c1csc(CNC(=O)c2cn[nH]c2)n1. The molecule has 0 atom stereocenters. The second-order valence-electron chi connectivity index (χ2n) is 3.99. The van der Waals surface area contributed by atoms with E-state index in [1.165, 1.54) is 6.20 Å². The zero-order valence-corrected chi connectivity index (χ0v) is 10.5. The molecular formula is C11H14N4OS. The van der Waals surface area contributed by atoms with Crippen LogP contribution in [0.1, 0.15) is 40.8 Å². The number of H-pyrrole nitrogens is 1. The number of thiazole rings is 1. The Morgan fingerprint density at radius 3 is 3.00 bits per heavy atom. The molecule has 0 aliphatic carbocycles. The van der Waals surface area contributed by atoms with Gasteiger partial charge in [0.25, 0.3) is 5.91 Å². The third kappa shape index (κ3) is 2.91. The number of aromatic nitrogens is 3. The van der Waals surface area contributed by atoms with E-state index in [0.717, 1.165) is 10.7 Å². The summed E-state index contributed by atoms with van der Waals surface area (Å²) in [6.07, 6.45) is 3.06. The Hall–Kier alpha value is -1.69. The molecule has 0 aromatic carbocycles. The van der Waals surface area contributed by atoms with Crippen LogP contribution in [0.3, 0.4) is 0 Å². The number of hydrogen-bond donors (Lipinski definition) is 2. The van der Waals surface area contributed by atoms with Crippen LogP contribution in [0, 0.1) is 0 Å². The first-order valence-corrected chi connectivity index (χ1v) is 6.26. The maximum atomic E-state index is 11.6. The number of nitrogens with one attached hydrogen (secondary N) is 2. The Kier molecular flexibility index (Phi) is 3.53. The molecule has 0 fully saturated rings. The lowest BCUT2D eigenvalue weighted by molar-refractivity contribution is 0.0951. The van der Waals surface area contributed by atoms with Crippen LogP contribution in [0.5, 0.6) is 0 Å². The summed E-state index contributed by atoms with van der Waals surface area (Å²) in [5, 5.41) is 12.1. The van der Waals surface area contributed by atoms with Crippen molar-refractivity contribution in [1.82, 2.24) is 20.5 Å². The van der Waals surface area contributed by atoms with Gasteiger partial charge < -0.3 is 5.32 Å². The molecular weight excluding hydrogens is 236 g/mol. The molecule has 0 saturated heterocycles. The Morgan fingerprint density at radius 2 is 2.41 bits per heavy atom. The van der Waals surface area contributed by atoms with Crippen molar-refractivity contribution < 1.29 is 4.79 Å². The highest BCUT2D eigenvalue weighted by molar-refractivity contribution is 7.09. The summed E-state index contributed by atoms with van der Waals surface area (Å²) >= 11 is 1.57. The quantitative estimate of drug-likeness (QED) is 0.871. The van der Waals surface area contributed by atoms with Crippen LogP contribution in [0.2, 0.25) is 0 Å². The highest BCUT2D eigenvalue weighted by Crippen LogP contribution is 2.17. The molecule has 5 nitrogen and oxygen atoms in total. The Morgan fingerprint density at radius 1 is 1.59 bits per heavy atom. The van der Waals surface area contributed by atoms with Crippen LogP contribution in [-0.4, -0.2) is 21.1 Å². The molecule has 0 radical (unpaired) electrons. The first-order chi connectivity index (χ1) is 8.16. The molecule has 0 bridgehead atoms. The molecule has 2 N–H and O–H groups in total. The Labute approximate surface area is 103 Å². The van der Waals surface area contributed by atoms with Crippen LogP contribution >= 0.6 is 11.3 Å². The average molecular weight is 250 g/mol. The third-order valence-corrected chi connectivity index (χ3v) is 3.19. The molecule has 0 aliphatic heterocycles. The molecule has 2 aromatic heterocycles. The molecule has 0 spiro atoms. The lowest BCUT2D eigenvalue weighted by Gasteiger charge is -2.00. The highest BCUT2D eigenvalue weighted by atomic mass is 32.1. The minimum absolute atomic E-state index is 0.139. The molecule has 0 unspecified atom stereocenters. The molecule has 2 heterocycles. The van der Waals surface area contributed by atoms with E-state index in [0.29, 0.717) is 18.0 Å². The van der Waals surface area contributed by atoms with Crippen molar-refractivity contribution in [1.29, 1.82) is 0 Å². The standard InChI is InChI=1S/C11H14N4OS/c1-7(2)9-6-17-10(15-9)5-12-11(16)8-3-13-14-4-8/h3-4,6-7H,5H2,1-2H3,(H,12,16)(H,13,14). The topological polar surface area (TPSA) is 70.7 Å². The van der Waals surface area contributed by atoms with Crippen molar-refractivity contribution in [2.45, 2.75) is 26.3 Å². The van der Waals surface area contributed by atoms with Crippen molar-refractivity contribution >= 4 is 17.2 Å². The van der Waals surface area contributed by atoms with Gasteiger partial charge in [-0.05, 0) is 5.92 Å². The van der Waals surface area contributed by atoms with E-state index in [1.807, 2.05) is 5.38 Å². The van der Waals surface area contributed by atoms with Crippen molar-refractivity contribution in [3.05, 3.63) is 34.0 Å². The van der Waals surface area contributed by atoms with Crippen LogP contribution in [0.4, 0.5) is 0 Å². The molecule has 90 valence electrons. The van der Waals surface area contributed by atoms with Gasteiger partial charge in [0, 0.05) is 11.6 Å². The van der Waals surface area contributed by atoms with Gasteiger partial charge in [-0.3, -0.25) is 9.89 Å². The fourth-order valence-electron chi connectivity index (χ4n) is 1.30. The first kappa shape index (κ1) is 11.8. The van der Waals surface area contributed by atoms with Gasteiger partial charge in [0.1, 0.15) is 5.01 Å². The zero-order valence-electron chi connectivity index (χ0n) is 9.73. The molecule has 6 heteroatoms. The summed E-state index contributed by atoms with van der Waals surface area (Å²) in [5.74, 6) is 0.282. The van der Waals surface area contributed by atoms with Crippen molar-refractivity contribution in [2.75, 3.05) is 0 Å². The van der Waals surface area contributed by atoms with Gasteiger partial charge in [-0.1, -0.05) is 13.8 Å². The van der Waals surface area contributed by atoms with Crippen LogP contribution in [-0.2, 0) is 6.54 Å². The van der Waals surface area contributed by atoms with E-state index < -0.39 is 0 Å². The summed E-state index contributed by atoms with van der Waals surface area (Å²) in [5.41, 5.74) is 1.60. The van der Waals surface area contributed by atoms with E-state index in [1.54, 1.807) is 17.5 Å². The third-order valence-electron chi connectivity index (χ3n) is 2.32. The molecule has 17 heavy (non-hydrogen) atoms. The van der Waals surface area contributed by atoms with Gasteiger partial charge in [0.05, 0.1) is 24.0 Å². The summed E-state index contributed by atoms with van der Waals surface area (Å²) in [7, 11) is 0. The smallest absolute Gasteiger partial charge is 0.254 e. The van der Waals surface area contributed by atoms with Crippen LogP contribution in [0.15, 0.2) is 17.8 Å². The number of rotatable bonds is 4. The summed E-state index contributed by atoms with van der Waals surface area (Å²) in [6, 6.07) is 0. The van der Waals surface area contributed by atoms with E-state index in [9.17, 15) is 4.79 Å². The van der Waals surface area contributed by atoms with Crippen LogP contribution in [0.25, 0.3) is 0 Å². The average Bonchev–Trinajstić information content (AvgIpc) is 2.97. The van der Waals surface area contributed by atoms with Crippen molar-refractivity contribution in [3.63, 3.8) is 0 Å². The second kappa shape index (κ2) is 5.09. The van der Waals surface area contributed by atoms with Gasteiger partial charge in [-0.2, -0.15) is 5.10 Å². The summed E-state index contributed by atoms with van der Waals surface area (Å²) in [4.78, 5) is 16.1. The highest BCUT2D eigenvalue weighted by Gasteiger charge is 2.09. The number of aromatic amines is 1. The normalized spacial score (nSPS) is 10.8. The van der Waals surface area contributed by atoms with E-state index in [2.05, 4.69) is 34.3 Å². The lowest BCUT2D eigenvalue weighted by Crippen LogP contribution is -2.22. The number of hydrogen-bond acceptors (Lipinski definition) is 4. The summed E-state index contributed by atoms with van der Waals surface area (Å²) in [6.45, 7) is 4.66. The van der Waals surface area contributed by atoms with E-state index in [-0.39, 0.29) is 5.91 Å². The summed E-state index contributed by atoms with van der Waals surface area (Å²) < 4.78 is 0. The maximum absolute atomic E-state index is 11.6. The van der Waals surface area contributed by atoms with Gasteiger partial charge in [-0.15, -0.1) is 11.3 Å². The molecule has 0 saturated carbocycles. The Bertz CT molecular complexity index is 489. The molecule has 1 amide bonds. The van der Waals surface area contributed by atoms with Crippen molar-refractivity contribution in [3.8, 4) is 0 Å². The molecule has 2 aromatic rings. The van der Waals surface area contributed by atoms with Gasteiger partial charge in [0.2, 0.25) is 0 Å². The predicted octanol–water partition coefficient (Wildman–Crippen LogP) is 1.92. The van der Waals surface area contributed by atoms with E-state index >= 15 is 0 Å². The fraction of sp³-hybridized carbons (Fsp3) is 0.364. The van der Waals surface area contributed by atoms with Crippen LogP contribution < -0.4 is 5.32 Å². The zero-order chi connectivity index (χ0) is 12.3.